The standard InChI is InChI=1S/C19H22N6O2S/c1-23-19(27)25(13-4-5-13)17(22-23)12-6-8-24(9-7-12)18(26)15-11-14(20-21-15)16-3-2-10-28-16/h2-3,10-13H,4-9H2,1H3,(H,20,21). The van der Waals surface area contributed by atoms with Crippen LogP contribution in [0.4, 0.5) is 0 Å². The number of carbonyl (C=O) groups excluding carboxylic acids is 1. The van der Waals surface area contributed by atoms with Gasteiger partial charge in [-0.15, -0.1) is 11.3 Å². The molecule has 2 fully saturated rings. The van der Waals surface area contributed by atoms with E-state index >= 15 is 0 Å². The van der Waals surface area contributed by atoms with E-state index in [1.54, 1.807) is 18.4 Å². The quantitative estimate of drug-likeness (QED) is 0.731. The number of aryl methyl sites for hydroxylation is 1. The van der Waals surface area contributed by atoms with Gasteiger partial charge in [0.05, 0.1) is 10.6 Å². The van der Waals surface area contributed by atoms with E-state index < -0.39 is 0 Å². The van der Waals surface area contributed by atoms with Gasteiger partial charge in [0.15, 0.2) is 5.69 Å². The third-order valence-corrected chi connectivity index (χ3v) is 6.53. The molecule has 0 unspecified atom stereocenters. The Morgan fingerprint density at radius 3 is 2.71 bits per heavy atom. The summed E-state index contributed by atoms with van der Waals surface area (Å²) in [5.74, 6) is 1.07. The summed E-state index contributed by atoms with van der Waals surface area (Å²) in [4.78, 5) is 28.1. The first-order chi connectivity index (χ1) is 13.6. The number of nitrogens with one attached hydrogen (secondary N) is 1. The van der Waals surface area contributed by atoms with Crippen LogP contribution in [-0.4, -0.2) is 48.4 Å². The minimum absolute atomic E-state index is 0.0198. The van der Waals surface area contributed by atoms with Crippen LogP contribution in [0.1, 0.15) is 54.0 Å². The van der Waals surface area contributed by atoms with Gasteiger partial charge in [-0.2, -0.15) is 10.2 Å². The summed E-state index contributed by atoms with van der Waals surface area (Å²) in [5.41, 5.74) is 1.30. The second kappa shape index (κ2) is 6.73. The zero-order valence-electron chi connectivity index (χ0n) is 15.7. The molecule has 0 aromatic carbocycles. The summed E-state index contributed by atoms with van der Waals surface area (Å²) in [5, 5.41) is 13.7. The topological polar surface area (TPSA) is 88.8 Å². The molecule has 0 radical (unpaired) electrons. The number of carbonyl (C=O) groups is 1. The maximum absolute atomic E-state index is 12.8. The molecule has 28 heavy (non-hydrogen) atoms. The maximum atomic E-state index is 12.8. The van der Waals surface area contributed by atoms with Gasteiger partial charge in [-0.25, -0.2) is 9.48 Å². The van der Waals surface area contributed by atoms with Gasteiger partial charge in [-0.1, -0.05) is 6.07 Å². The predicted molar refractivity (Wildman–Crippen MR) is 106 cm³/mol. The Bertz CT molecular complexity index is 1050. The fourth-order valence-electron chi connectivity index (χ4n) is 3.94. The van der Waals surface area contributed by atoms with E-state index in [4.69, 9.17) is 0 Å². The number of thiophene rings is 1. The molecule has 1 aliphatic heterocycles. The average molecular weight is 398 g/mol. The van der Waals surface area contributed by atoms with Crippen LogP contribution in [0.3, 0.4) is 0 Å². The van der Waals surface area contributed by atoms with Crippen LogP contribution >= 0.6 is 11.3 Å². The molecule has 3 aromatic rings. The summed E-state index contributed by atoms with van der Waals surface area (Å²) < 4.78 is 3.32. The molecule has 2 aliphatic rings. The van der Waals surface area contributed by atoms with Gasteiger partial charge >= 0.3 is 5.69 Å². The molecule has 1 N–H and O–H groups in total. The Hall–Kier alpha value is -2.68. The van der Waals surface area contributed by atoms with Crippen LogP contribution in [0.5, 0.6) is 0 Å². The molecule has 146 valence electrons. The van der Waals surface area contributed by atoms with Crippen LogP contribution in [0.25, 0.3) is 10.6 Å². The summed E-state index contributed by atoms with van der Waals surface area (Å²) in [6.45, 7) is 1.31. The number of piperidine rings is 1. The van der Waals surface area contributed by atoms with Crippen molar-refractivity contribution in [2.45, 2.75) is 37.6 Å². The van der Waals surface area contributed by atoms with E-state index in [1.165, 1.54) is 4.68 Å². The highest BCUT2D eigenvalue weighted by Gasteiger charge is 2.34. The van der Waals surface area contributed by atoms with Gasteiger partial charge in [-0.05, 0) is 43.2 Å². The van der Waals surface area contributed by atoms with E-state index in [-0.39, 0.29) is 17.5 Å². The molecule has 1 amide bonds. The molecule has 1 aliphatic carbocycles. The number of aromatic nitrogens is 5. The number of aromatic amines is 1. The van der Waals surface area contributed by atoms with Gasteiger partial charge < -0.3 is 4.90 Å². The number of amides is 1. The first-order valence-corrected chi connectivity index (χ1v) is 10.5. The van der Waals surface area contributed by atoms with E-state index in [1.807, 2.05) is 33.0 Å². The smallest absolute Gasteiger partial charge is 0.337 e. The fraction of sp³-hybridized carbons (Fsp3) is 0.474. The Balaban J connectivity index is 1.28. The monoisotopic (exact) mass is 398 g/mol. The van der Waals surface area contributed by atoms with Crippen LogP contribution in [0.15, 0.2) is 28.4 Å². The van der Waals surface area contributed by atoms with Crippen molar-refractivity contribution in [1.82, 2.24) is 29.4 Å². The van der Waals surface area contributed by atoms with Crippen molar-refractivity contribution in [1.29, 1.82) is 0 Å². The number of nitrogens with zero attached hydrogens (tertiary/aromatic N) is 5. The molecule has 1 saturated carbocycles. The van der Waals surface area contributed by atoms with Gasteiger partial charge in [0.2, 0.25) is 0 Å². The molecular formula is C19H22N6O2S. The molecule has 1 saturated heterocycles. The first kappa shape index (κ1) is 17.4. The summed E-state index contributed by atoms with van der Waals surface area (Å²) in [6.07, 6.45) is 3.75. The van der Waals surface area contributed by atoms with E-state index in [0.29, 0.717) is 24.8 Å². The minimum Gasteiger partial charge on any atom is -0.337 e. The van der Waals surface area contributed by atoms with E-state index in [9.17, 15) is 9.59 Å². The lowest BCUT2D eigenvalue weighted by atomic mass is 9.95. The van der Waals surface area contributed by atoms with Crippen molar-refractivity contribution >= 4 is 17.2 Å². The van der Waals surface area contributed by atoms with Crippen molar-refractivity contribution in [3.05, 3.63) is 45.6 Å². The molecule has 9 heteroatoms. The van der Waals surface area contributed by atoms with Gasteiger partial charge in [0, 0.05) is 32.1 Å². The Morgan fingerprint density at radius 1 is 1.25 bits per heavy atom. The Kier molecular flexibility index (Phi) is 4.19. The zero-order chi connectivity index (χ0) is 19.3. The van der Waals surface area contributed by atoms with Crippen molar-refractivity contribution in [2.24, 2.45) is 7.05 Å². The number of hydrogen-bond donors (Lipinski definition) is 1. The molecule has 3 aromatic heterocycles. The fourth-order valence-corrected chi connectivity index (χ4v) is 4.64. The SMILES string of the molecule is Cn1nc(C2CCN(C(=O)c3cc(-c4cccs4)[nH]n3)CC2)n(C2CC2)c1=O. The Morgan fingerprint density at radius 2 is 2.04 bits per heavy atom. The second-order valence-corrected chi connectivity index (χ2v) is 8.52. The highest BCUT2D eigenvalue weighted by atomic mass is 32.1. The summed E-state index contributed by atoms with van der Waals surface area (Å²) in [7, 11) is 1.71. The second-order valence-electron chi connectivity index (χ2n) is 7.58. The molecule has 0 spiro atoms. The third-order valence-electron chi connectivity index (χ3n) is 5.63. The number of H-pyrrole nitrogens is 1. The van der Waals surface area contributed by atoms with Crippen LogP contribution < -0.4 is 5.69 Å². The van der Waals surface area contributed by atoms with Crippen LogP contribution in [-0.2, 0) is 7.05 Å². The van der Waals surface area contributed by atoms with E-state index in [2.05, 4.69) is 15.3 Å². The largest absolute Gasteiger partial charge is 0.345 e. The average Bonchev–Trinajstić information content (AvgIpc) is 3.12. The molecule has 5 rings (SSSR count). The maximum Gasteiger partial charge on any atom is 0.345 e. The number of rotatable bonds is 4. The van der Waals surface area contributed by atoms with Crippen molar-refractivity contribution < 1.29 is 4.79 Å². The van der Waals surface area contributed by atoms with Gasteiger partial charge in [0.1, 0.15) is 5.82 Å². The highest BCUT2D eigenvalue weighted by Crippen LogP contribution is 2.37. The molecule has 4 heterocycles. The van der Waals surface area contributed by atoms with Gasteiger partial charge in [0.25, 0.3) is 5.91 Å². The van der Waals surface area contributed by atoms with E-state index in [0.717, 1.165) is 42.1 Å². The normalized spacial score (nSPS) is 18.0. The number of likely N-dealkylation sites (tertiary alicyclic amines) is 1. The zero-order valence-corrected chi connectivity index (χ0v) is 16.5. The summed E-state index contributed by atoms with van der Waals surface area (Å²) in [6, 6.07) is 6.12. The van der Waals surface area contributed by atoms with Crippen molar-refractivity contribution in [2.75, 3.05) is 13.1 Å². The molecule has 0 bridgehead atoms. The highest BCUT2D eigenvalue weighted by molar-refractivity contribution is 7.13. The lowest BCUT2D eigenvalue weighted by Gasteiger charge is -2.31. The number of hydrogen-bond acceptors (Lipinski definition) is 5. The lowest BCUT2D eigenvalue weighted by molar-refractivity contribution is 0.0704. The van der Waals surface area contributed by atoms with Gasteiger partial charge in [-0.3, -0.25) is 14.5 Å². The molecule has 8 nitrogen and oxygen atoms in total. The third kappa shape index (κ3) is 2.99. The first-order valence-electron chi connectivity index (χ1n) is 9.66. The lowest BCUT2D eigenvalue weighted by Crippen LogP contribution is -2.38. The van der Waals surface area contributed by atoms with Crippen LogP contribution in [0, 0.1) is 0 Å². The van der Waals surface area contributed by atoms with Crippen molar-refractivity contribution in [3.63, 3.8) is 0 Å². The molecule has 0 atom stereocenters. The van der Waals surface area contributed by atoms with Crippen LogP contribution in [0.2, 0.25) is 0 Å². The minimum atomic E-state index is -0.0434. The summed E-state index contributed by atoms with van der Waals surface area (Å²) >= 11 is 1.61. The predicted octanol–water partition coefficient (Wildman–Crippen LogP) is 2.39. The van der Waals surface area contributed by atoms with Crippen molar-refractivity contribution in [3.8, 4) is 10.6 Å². The molecular weight excluding hydrogens is 376 g/mol. The Labute approximate surface area is 165 Å².